The van der Waals surface area contributed by atoms with Crippen molar-refractivity contribution in [2.45, 2.75) is 38.1 Å². The SMILES string of the molecule is CCN(c1ccc([C@H](COC)CC(=O)O)cc1Nc1ccc(F)cn1)C1CCOCC1. The minimum Gasteiger partial charge on any atom is -0.481 e. The van der Waals surface area contributed by atoms with Gasteiger partial charge in [0.05, 0.1) is 30.6 Å². The van der Waals surface area contributed by atoms with Crippen LogP contribution in [0.4, 0.5) is 21.6 Å². The van der Waals surface area contributed by atoms with E-state index >= 15 is 0 Å². The first-order valence-corrected chi connectivity index (χ1v) is 10.6. The summed E-state index contributed by atoms with van der Waals surface area (Å²) in [6.45, 7) is 4.69. The van der Waals surface area contributed by atoms with E-state index in [2.05, 4.69) is 22.1 Å². The van der Waals surface area contributed by atoms with Crippen molar-refractivity contribution in [1.29, 1.82) is 0 Å². The van der Waals surface area contributed by atoms with Gasteiger partial charge in [0.2, 0.25) is 0 Å². The Morgan fingerprint density at radius 1 is 1.35 bits per heavy atom. The smallest absolute Gasteiger partial charge is 0.304 e. The molecule has 1 aromatic heterocycles. The van der Waals surface area contributed by atoms with Gasteiger partial charge < -0.3 is 24.8 Å². The quantitative estimate of drug-likeness (QED) is 0.584. The number of carbonyl (C=O) groups is 1. The van der Waals surface area contributed by atoms with Crippen LogP contribution in [0.1, 0.15) is 37.7 Å². The molecule has 2 heterocycles. The number of aromatic nitrogens is 1. The van der Waals surface area contributed by atoms with Crippen LogP contribution in [0.5, 0.6) is 0 Å². The molecule has 7 nitrogen and oxygen atoms in total. The van der Waals surface area contributed by atoms with Crippen molar-refractivity contribution in [2.24, 2.45) is 0 Å². The lowest BCUT2D eigenvalue weighted by atomic mass is 9.95. The minimum absolute atomic E-state index is 0.0289. The van der Waals surface area contributed by atoms with Crippen LogP contribution >= 0.6 is 0 Å². The van der Waals surface area contributed by atoms with Crippen LogP contribution in [0.2, 0.25) is 0 Å². The maximum Gasteiger partial charge on any atom is 0.304 e. The van der Waals surface area contributed by atoms with Crippen LogP contribution in [0, 0.1) is 5.82 Å². The van der Waals surface area contributed by atoms with Crippen molar-refractivity contribution in [3.63, 3.8) is 0 Å². The third-order valence-electron chi connectivity index (χ3n) is 5.55. The lowest BCUT2D eigenvalue weighted by Gasteiger charge is -2.36. The largest absolute Gasteiger partial charge is 0.481 e. The number of ether oxygens (including phenoxy) is 2. The van der Waals surface area contributed by atoms with Crippen molar-refractivity contribution in [1.82, 2.24) is 4.98 Å². The van der Waals surface area contributed by atoms with Gasteiger partial charge in [0.1, 0.15) is 11.6 Å². The Morgan fingerprint density at radius 2 is 2.13 bits per heavy atom. The highest BCUT2D eigenvalue weighted by atomic mass is 19.1. The summed E-state index contributed by atoms with van der Waals surface area (Å²) in [5.74, 6) is -1.04. The number of nitrogens with one attached hydrogen (secondary N) is 1. The fourth-order valence-corrected chi connectivity index (χ4v) is 4.05. The highest BCUT2D eigenvalue weighted by Gasteiger charge is 2.24. The summed E-state index contributed by atoms with van der Waals surface area (Å²) in [5.41, 5.74) is 2.66. The van der Waals surface area contributed by atoms with E-state index in [9.17, 15) is 14.3 Å². The molecule has 2 N–H and O–H groups in total. The summed E-state index contributed by atoms with van der Waals surface area (Å²) < 4.78 is 24.1. The standard InChI is InChI=1S/C23H30FN3O4/c1-3-27(19-8-10-31-11-9-19)21-6-4-16(17(15-30-2)13-23(28)29)12-20(21)26-22-7-5-18(24)14-25-22/h4-7,12,14,17,19H,3,8-11,13,15H2,1-2H3,(H,25,26)(H,28,29)/t17-/m0/s1. The topological polar surface area (TPSA) is 83.9 Å². The third-order valence-corrected chi connectivity index (χ3v) is 5.55. The zero-order chi connectivity index (χ0) is 22.2. The summed E-state index contributed by atoms with van der Waals surface area (Å²) in [4.78, 5) is 17.8. The third kappa shape index (κ3) is 6.15. The molecule has 0 unspecified atom stereocenters. The van der Waals surface area contributed by atoms with E-state index in [0.29, 0.717) is 18.5 Å². The van der Waals surface area contributed by atoms with E-state index in [1.54, 1.807) is 13.2 Å². The van der Waals surface area contributed by atoms with Crippen LogP contribution in [0.15, 0.2) is 36.5 Å². The van der Waals surface area contributed by atoms with Crippen molar-refractivity contribution in [3.05, 3.63) is 47.9 Å². The molecule has 0 spiro atoms. The van der Waals surface area contributed by atoms with Gasteiger partial charge in [-0.2, -0.15) is 0 Å². The number of halogens is 1. The van der Waals surface area contributed by atoms with Gasteiger partial charge in [-0.25, -0.2) is 9.37 Å². The van der Waals surface area contributed by atoms with E-state index in [1.807, 2.05) is 18.2 Å². The molecule has 1 atom stereocenters. The average molecular weight is 432 g/mol. The number of methoxy groups -OCH3 is 1. The van der Waals surface area contributed by atoms with E-state index in [1.165, 1.54) is 12.3 Å². The van der Waals surface area contributed by atoms with Crippen LogP contribution in [0.25, 0.3) is 0 Å². The normalized spacial score (nSPS) is 15.5. The van der Waals surface area contributed by atoms with E-state index in [4.69, 9.17) is 9.47 Å². The molecule has 1 aromatic carbocycles. The second-order valence-electron chi connectivity index (χ2n) is 7.64. The molecular formula is C23H30FN3O4. The van der Waals surface area contributed by atoms with Gasteiger partial charge in [0, 0.05) is 38.8 Å². The molecule has 0 aliphatic carbocycles. The molecule has 0 saturated carbocycles. The number of carboxylic acid groups (broad SMARTS) is 1. The first kappa shape index (κ1) is 23.0. The molecule has 2 aromatic rings. The van der Waals surface area contributed by atoms with Crippen LogP contribution in [0.3, 0.4) is 0 Å². The number of hydrogen-bond acceptors (Lipinski definition) is 6. The summed E-state index contributed by atoms with van der Waals surface area (Å²) in [6, 6.07) is 9.22. The predicted octanol–water partition coefficient (Wildman–Crippen LogP) is 4.17. The zero-order valence-electron chi connectivity index (χ0n) is 18.0. The molecule has 3 rings (SSSR count). The van der Waals surface area contributed by atoms with Gasteiger partial charge in [-0.05, 0) is 49.6 Å². The highest BCUT2D eigenvalue weighted by Crippen LogP contribution is 2.35. The first-order valence-electron chi connectivity index (χ1n) is 10.6. The molecule has 1 aliphatic heterocycles. The molecule has 31 heavy (non-hydrogen) atoms. The number of pyridine rings is 1. The Kier molecular flexibility index (Phi) is 8.20. The maximum absolute atomic E-state index is 13.3. The van der Waals surface area contributed by atoms with Crippen molar-refractivity contribution in [3.8, 4) is 0 Å². The number of anilines is 3. The molecule has 8 heteroatoms. The second-order valence-corrected chi connectivity index (χ2v) is 7.64. The molecule has 1 fully saturated rings. The van der Waals surface area contributed by atoms with Crippen LogP contribution in [-0.2, 0) is 14.3 Å². The number of carboxylic acids is 1. The number of aliphatic carboxylic acids is 1. The van der Waals surface area contributed by atoms with Gasteiger partial charge in [-0.1, -0.05) is 6.07 Å². The monoisotopic (exact) mass is 431 g/mol. The molecule has 168 valence electrons. The Balaban J connectivity index is 1.99. The van der Waals surface area contributed by atoms with Crippen molar-refractivity contribution in [2.75, 3.05) is 43.7 Å². The van der Waals surface area contributed by atoms with Crippen LogP contribution < -0.4 is 10.2 Å². The molecule has 0 amide bonds. The van der Waals surface area contributed by atoms with Gasteiger partial charge >= 0.3 is 5.97 Å². The van der Waals surface area contributed by atoms with Gasteiger partial charge in [0.25, 0.3) is 0 Å². The minimum atomic E-state index is -0.877. The van der Waals surface area contributed by atoms with Gasteiger partial charge in [-0.3, -0.25) is 4.79 Å². The van der Waals surface area contributed by atoms with Crippen molar-refractivity contribution >= 4 is 23.2 Å². The fourth-order valence-electron chi connectivity index (χ4n) is 4.05. The molecular weight excluding hydrogens is 401 g/mol. The first-order chi connectivity index (χ1) is 15.0. The van der Waals surface area contributed by atoms with E-state index in [-0.39, 0.29) is 12.3 Å². The Bertz CT molecular complexity index is 856. The van der Waals surface area contributed by atoms with E-state index < -0.39 is 11.8 Å². The van der Waals surface area contributed by atoms with Crippen molar-refractivity contribution < 1.29 is 23.8 Å². The van der Waals surface area contributed by atoms with Gasteiger partial charge in [-0.15, -0.1) is 0 Å². The zero-order valence-corrected chi connectivity index (χ0v) is 18.0. The highest BCUT2D eigenvalue weighted by molar-refractivity contribution is 5.76. The summed E-state index contributed by atoms with van der Waals surface area (Å²) in [5, 5.41) is 12.6. The summed E-state index contributed by atoms with van der Waals surface area (Å²) >= 11 is 0. The number of benzene rings is 1. The Labute approximate surface area is 182 Å². The molecule has 1 saturated heterocycles. The number of nitrogens with zero attached hydrogens (tertiary/aromatic N) is 2. The lowest BCUT2D eigenvalue weighted by molar-refractivity contribution is -0.137. The molecule has 0 radical (unpaired) electrons. The molecule has 0 bridgehead atoms. The Morgan fingerprint density at radius 3 is 2.74 bits per heavy atom. The lowest BCUT2D eigenvalue weighted by Crippen LogP contribution is -2.39. The predicted molar refractivity (Wildman–Crippen MR) is 118 cm³/mol. The fraction of sp³-hybridized carbons (Fsp3) is 0.478. The average Bonchev–Trinajstić information content (AvgIpc) is 2.77. The second kappa shape index (κ2) is 11.1. The maximum atomic E-state index is 13.3. The van der Waals surface area contributed by atoms with Crippen LogP contribution in [-0.4, -0.2) is 55.6 Å². The van der Waals surface area contributed by atoms with Gasteiger partial charge in [0.15, 0.2) is 0 Å². The number of hydrogen-bond donors (Lipinski definition) is 2. The Hall–Kier alpha value is -2.71. The summed E-state index contributed by atoms with van der Waals surface area (Å²) in [7, 11) is 1.56. The van der Waals surface area contributed by atoms with E-state index in [0.717, 1.165) is 49.5 Å². The summed E-state index contributed by atoms with van der Waals surface area (Å²) in [6.07, 6.45) is 3.02. The number of rotatable bonds is 10. The molecule has 1 aliphatic rings.